The summed E-state index contributed by atoms with van der Waals surface area (Å²) in [7, 11) is 4.89. The van der Waals surface area contributed by atoms with E-state index in [2.05, 4.69) is 57.2 Å². The van der Waals surface area contributed by atoms with Crippen molar-refractivity contribution >= 4 is 6.21 Å². The van der Waals surface area contributed by atoms with E-state index < -0.39 is 0 Å². The second-order valence-corrected chi connectivity index (χ2v) is 15.0. The van der Waals surface area contributed by atoms with E-state index in [1.165, 1.54) is 196 Å². The lowest BCUT2D eigenvalue weighted by Gasteiger charge is -2.30. The highest BCUT2D eigenvalue weighted by Gasteiger charge is 2.13. The molecular formula is C43H81N2O+. The highest BCUT2D eigenvalue weighted by molar-refractivity contribution is 5.79. The minimum atomic E-state index is 0.832. The molecule has 1 aromatic carbocycles. The van der Waals surface area contributed by atoms with Crippen LogP contribution in [0.3, 0.4) is 0 Å². The fourth-order valence-electron chi connectivity index (χ4n) is 6.54. The van der Waals surface area contributed by atoms with Gasteiger partial charge in [0.25, 0.3) is 0 Å². The van der Waals surface area contributed by atoms with Crippen molar-refractivity contribution in [2.45, 2.75) is 194 Å². The largest absolute Gasteiger partial charge is 0.494 e. The summed E-state index contributed by atoms with van der Waals surface area (Å²) < 4.78 is 7.21. The number of ether oxygens (including phenoxy) is 1. The van der Waals surface area contributed by atoms with Crippen molar-refractivity contribution < 1.29 is 9.22 Å². The average molecular weight is 642 g/mol. The van der Waals surface area contributed by atoms with Crippen LogP contribution in [0.2, 0.25) is 0 Å². The van der Waals surface area contributed by atoms with Gasteiger partial charge in [-0.15, -0.1) is 0 Å². The average Bonchev–Trinajstić information content (AvgIpc) is 3.05. The molecule has 0 amide bonds. The third-order valence-corrected chi connectivity index (χ3v) is 9.80. The van der Waals surface area contributed by atoms with Gasteiger partial charge in [0.15, 0.2) is 0 Å². The highest BCUT2D eigenvalue weighted by Crippen LogP contribution is 2.16. The number of unbranched alkanes of at least 4 members (excludes halogenated alkanes) is 25. The number of quaternary nitrogens is 1. The lowest BCUT2D eigenvalue weighted by Crippen LogP contribution is -2.41. The molecular weight excluding hydrogens is 560 g/mol. The van der Waals surface area contributed by atoms with E-state index in [-0.39, 0.29) is 0 Å². The minimum Gasteiger partial charge on any atom is -0.494 e. The molecule has 0 aliphatic carbocycles. The van der Waals surface area contributed by atoms with Gasteiger partial charge in [-0.25, -0.2) is 0 Å². The third-order valence-electron chi connectivity index (χ3n) is 9.80. The maximum atomic E-state index is 5.99. The van der Waals surface area contributed by atoms with Gasteiger partial charge in [-0.1, -0.05) is 155 Å². The van der Waals surface area contributed by atoms with Crippen LogP contribution in [-0.2, 0) is 0 Å². The fourth-order valence-corrected chi connectivity index (χ4v) is 6.54. The number of benzene rings is 1. The summed E-state index contributed by atoms with van der Waals surface area (Å²) in [6.07, 6.45) is 40.9. The predicted molar refractivity (Wildman–Crippen MR) is 207 cm³/mol. The second kappa shape index (κ2) is 32.2. The highest BCUT2D eigenvalue weighted by atomic mass is 16.5. The first kappa shape index (κ1) is 42.7. The molecule has 0 radical (unpaired) electrons. The maximum absolute atomic E-state index is 5.99. The zero-order valence-electron chi connectivity index (χ0n) is 31.8. The van der Waals surface area contributed by atoms with Crippen molar-refractivity contribution in [2.75, 3.05) is 40.3 Å². The number of rotatable bonds is 35. The van der Waals surface area contributed by atoms with Gasteiger partial charge >= 0.3 is 0 Å². The van der Waals surface area contributed by atoms with Crippen LogP contribution in [0.15, 0.2) is 29.3 Å². The smallest absolute Gasteiger partial charge is 0.119 e. The van der Waals surface area contributed by atoms with Crippen LogP contribution in [-0.4, -0.2) is 51.0 Å². The molecule has 3 heteroatoms. The molecule has 0 saturated heterocycles. The molecule has 3 nitrogen and oxygen atoms in total. The van der Waals surface area contributed by atoms with Crippen molar-refractivity contribution in [3.8, 4) is 5.75 Å². The van der Waals surface area contributed by atoms with Gasteiger partial charge in [0.05, 0.1) is 33.8 Å². The molecule has 0 heterocycles. The third kappa shape index (κ3) is 28.8. The molecule has 1 rings (SSSR count). The van der Waals surface area contributed by atoms with Gasteiger partial charge < -0.3 is 9.22 Å². The first-order chi connectivity index (χ1) is 22.6. The molecule has 0 aliphatic rings. The summed E-state index contributed by atoms with van der Waals surface area (Å²) in [5.41, 5.74) is 1.18. The van der Waals surface area contributed by atoms with Gasteiger partial charge in [-0.05, 0) is 68.4 Å². The monoisotopic (exact) mass is 642 g/mol. The Morgan fingerprint density at radius 1 is 0.478 bits per heavy atom. The molecule has 268 valence electrons. The molecule has 0 unspecified atom stereocenters. The molecule has 0 fully saturated rings. The van der Waals surface area contributed by atoms with Gasteiger partial charge in [-0.3, -0.25) is 4.99 Å². The quantitative estimate of drug-likeness (QED) is 0.0410. The summed E-state index contributed by atoms with van der Waals surface area (Å²) >= 11 is 0. The molecule has 0 aliphatic heterocycles. The van der Waals surface area contributed by atoms with E-state index in [9.17, 15) is 0 Å². The molecule has 0 saturated carbocycles. The van der Waals surface area contributed by atoms with E-state index in [1.54, 1.807) is 0 Å². The van der Waals surface area contributed by atoms with Crippen LogP contribution >= 0.6 is 0 Å². The Labute approximate surface area is 289 Å². The normalized spacial score (nSPS) is 12.0. The van der Waals surface area contributed by atoms with Crippen LogP contribution in [0.4, 0.5) is 0 Å². The first-order valence-corrected chi connectivity index (χ1v) is 20.6. The van der Waals surface area contributed by atoms with Gasteiger partial charge in [0, 0.05) is 12.8 Å². The Bertz CT molecular complexity index is 772. The van der Waals surface area contributed by atoms with Crippen LogP contribution in [0.25, 0.3) is 0 Å². The molecule has 0 spiro atoms. The summed E-state index contributed by atoms with van der Waals surface area (Å²) in [5, 5.41) is 0. The van der Waals surface area contributed by atoms with Crippen molar-refractivity contribution in [3.63, 3.8) is 0 Å². The zero-order valence-corrected chi connectivity index (χ0v) is 31.8. The Balaban J connectivity index is 1.89. The first-order valence-electron chi connectivity index (χ1n) is 20.6. The minimum absolute atomic E-state index is 0.832. The Morgan fingerprint density at radius 2 is 0.848 bits per heavy atom. The van der Waals surface area contributed by atoms with E-state index >= 15 is 0 Å². The molecule has 46 heavy (non-hydrogen) atoms. The number of hydrogen-bond donors (Lipinski definition) is 0. The predicted octanol–water partition coefficient (Wildman–Crippen LogP) is 13.5. The molecule has 1 aromatic rings. The standard InChI is InChI=1S/C43H81N2O/c1-5-7-9-11-13-15-17-21-25-29-37-44-41-42-33-35-43(36-34-42)46-40-32-28-24-20-19-23-27-31-39-45(3,4)38-30-26-22-18-16-14-12-10-8-6-2/h33-36,41H,5-32,37-40H2,1-4H3/q+1. The molecule has 0 atom stereocenters. The van der Waals surface area contributed by atoms with E-state index in [4.69, 9.17) is 4.74 Å². The number of hydrogen-bond acceptors (Lipinski definition) is 2. The van der Waals surface area contributed by atoms with Crippen molar-refractivity contribution in [2.24, 2.45) is 4.99 Å². The van der Waals surface area contributed by atoms with Gasteiger partial charge in [0.1, 0.15) is 5.75 Å². The van der Waals surface area contributed by atoms with Crippen LogP contribution < -0.4 is 4.74 Å². The molecule has 0 N–H and O–H groups in total. The van der Waals surface area contributed by atoms with Crippen molar-refractivity contribution in [1.82, 2.24) is 0 Å². The van der Waals surface area contributed by atoms with E-state index in [1.807, 2.05) is 6.21 Å². The SMILES string of the molecule is CCCCCCCCCCCCN=Cc1ccc(OCCCCCCCCCC[N+](C)(C)CCCCCCCCCCCC)cc1. The van der Waals surface area contributed by atoms with E-state index in [0.29, 0.717) is 0 Å². The van der Waals surface area contributed by atoms with Crippen LogP contribution in [0, 0.1) is 0 Å². The molecule has 0 aromatic heterocycles. The Kier molecular flexibility index (Phi) is 29.9. The number of nitrogens with zero attached hydrogens (tertiary/aromatic N) is 2. The summed E-state index contributed by atoms with van der Waals surface area (Å²) in [6.45, 7) is 9.08. The van der Waals surface area contributed by atoms with E-state index in [0.717, 1.165) is 25.3 Å². The van der Waals surface area contributed by atoms with Crippen molar-refractivity contribution in [3.05, 3.63) is 29.8 Å². The summed E-state index contributed by atoms with van der Waals surface area (Å²) in [4.78, 5) is 4.64. The van der Waals surface area contributed by atoms with Crippen molar-refractivity contribution in [1.29, 1.82) is 0 Å². The zero-order chi connectivity index (χ0) is 33.2. The molecule has 0 bridgehead atoms. The summed E-state index contributed by atoms with van der Waals surface area (Å²) in [6, 6.07) is 8.46. The second-order valence-electron chi connectivity index (χ2n) is 15.0. The summed E-state index contributed by atoms with van der Waals surface area (Å²) in [5.74, 6) is 0.987. The van der Waals surface area contributed by atoms with Crippen LogP contribution in [0.5, 0.6) is 5.75 Å². The van der Waals surface area contributed by atoms with Gasteiger partial charge in [0.2, 0.25) is 0 Å². The Hall–Kier alpha value is -1.35. The fraction of sp³-hybridized carbons (Fsp3) is 0.837. The topological polar surface area (TPSA) is 21.6 Å². The Morgan fingerprint density at radius 3 is 1.28 bits per heavy atom. The van der Waals surface area contributed by atoms with Crippen LogP contribution in [0.1, 0.15) is 199 Å². The number of aliphatic imine (C=N–C) groups is 1. The van der Waals surface area contributed by atoms with Gasteiger partial charge in [-0.2, -0.15) is 0 Å². The lowest BCUT2D eigenvalue weighted by atomic mass is 10.1. The maximum Gasteiger partial charge on any atom is 0.119 e. The lowest BCUT2D eigenvalue weighted by molar-refractivity contribution is -0.890.